The Hall–Kier alpha value is -1.62. The van der Waals surface area contributed by atoms with E-state index in [0.29, 0.717) is 6.04 Å². The van der Waals surface area contributed by atoms with E-state index >= 15 is 0 Å². The Morgan fingerprint density at radius 2 is 2.00 bits per heavy atom. The summed E-state index contributed by atoms with van der Waals surface area (Å²) < 4.78 is 0. The molecule has 0 saturated carbocycles. The highest BCUT2D eigenvalue weighted by Crippen LogP contribution is 2.19. The first kappa shape index (κ1) is 17.2. The van der Waals surface area contributed by atoms with Crippen molar-refractivity contribution in [2.24, 2.45) is 0 Å². The van der Waals surface area contributed by atoms with Crippen molar-refractivity contribution in [1.82, 2.24) is 14.9 Å². The van der Waals surface area contributed by atoms with Crippen LogP contribution < -0.4 is 10.2 Å². The molecule has 3 heterocycles. The van der Waals surface area contributed by atoms with Gasteiger partial charge in [-0.05, 0) is 45.2 Å². The zero-order valence-electron chi connectivity index (χ0n) is 15.0. The minimum Gasteiger partial charge on any atom is -0.356 e. The Balaban J connectivity index is 1.56. The van der Waals surface area contributed by atoms with Gasteiger partial charge >= 0.3 is 0 Å². The molecule has 0 amide bonds. The van der Waals surface area contributed by atoms with Crippen LogP contribution in [-0.4, -0.2) is 53.6 Å². The lowest BCUT2D eigenvalue weighted by atomic mass is 10.2. The van der Waals surface area contributed by atoms with Crippen molar-refractivity contribution in [2.75, 3.05) is 42.9 Å². The van der Waals surface area contributed by atoms with Crippen LogP contribution in [0.5, 0.6) is 0 Å². The third-order valence-electron chi connectivity index (χ3n) is 5.14. The Morgan fingerprint density at radius 1 is 1.17 bits per heavy atom. The Morgan fingerprint density at radius 3 is 2.79 bits per heavy atom. The summed E-state index contributed by atoms with van der Waals surface area (Å²) in [5, 5.41) is 3.47. The first-order valence-electron chi connectivity index (χ1n) is 9.54. The van der Waals surface area contributed by atoms with Crippen LogP contribution in [0.25, 0.3) is 0 Å². The summed E-state index contributed by atoms with van der Waals surface area (Å²) in [6.45, 7) is 7.52. The highest BCUT2D eigenvalue weighted by atomic mass is 15.2. The molecule has 1 atom stereocenters. The van der Waals surface area contributed by atoms with Crippen LogP contribution in [0.4, 0.5) is 11.8 Å². The Kier molecular flexibility index (Phi) is 6.47. The molecule has 1 N–H and O–H groups in total. The third kappa shape index (κ3) is 4.69. The number of nitrogens with one attached hydrogen (secondary N) is 1. The standard InChI is InChI=1S/C19H31N5/c1-2-3-12-23-15-8-9-17(23)16-21-19-20-11-10-18(22-19)24-13-6-4-5-7-14-24/h2-3,10-11,17H,4-9,12-16H2,1H3,(H,20,21,22). The van der Waals surface area contributed by atoms with Gasteiger partial charge in [-0.1, -0.05) is 25.0 Å². The van der Waals surface area contributed by atoms with Gasteiger partial charge in [-0.25, -0.2) is 4.98 Å². The lowest BCUT2D eigenvalue weighted by Gasteiger charge is -2.24. The van der Waals surface area contributed by atoms with E-state index < -0.39 is 0 Å². The predicted molar refractivity (Wildman–Crippen MR) is 101 cm³/mol. The van der Waals surface area contributed by atoms with Crippen molar-refractivity contribution in [1.29, 1.82) is 0 Å². The molecule has 5 heteroatoms. The van der Waals surface area contributed by atoms with E-state index in [1.807, 2.05) is 12.3 Å². The highest BCUT2D eigenvalue weighted by Gasteiger charge is 2.23. The molecule has 1 unspecified atom stereocenters. The predicted octanol–water partition coefficient (Wildman–Crippen LogP) is 3.31. The van der Waals surface area contributed by atoms with Crippen LogP contribution >= 0.6 is 0 Å². The van der Waals surface area contributed by atoms with Crippen LogP contribution in [0.3, 0.4) is 0 Å². The second-order valence-corrected chi connectivity index (χ2v) is 6.88. The minimum atomic E-state index is 0.589. The Bertz CT molecular complexity index is 522. The average molecular weight is 329 g/mol. The summed E-state index contributed by atoms with van der Waals surface area (Å²) in [5.74, 6) is 1.85. The quantitative estimate of drug-likeness (QED) is 0.811. The van der Waals surface area contributed by atoms with Gasteiger partial charge in [0.15, 0.2) is 0 Å². The van der Waals surface area contributed by atoms with Gasteiger partial charge in [0.1, 0.15) is 5.82 Å². The third-order valence-corrected chi connectivity index (χ3v) is 5.14. The number of anilines is 2. The summed E-state index contributed by atoms with van der Waals surface area (Å²) in [5.41, 5.74) is 0. The molecule has 0 radical (unpaired) electrons. The van der Waals surface area contributed by atoms with Gasteiger partial charge in [-0.2, -0.15) is 4.98 Å². The van der Waals surface area contributed by atoms with Crippen molar-refractivity contribution < 1.29 is 0 Å². The molecule has 2 aliphatic rings. The number of allylic oxidation sites excluding steroid dienone is 1. The highest BCUT2D eigenvalue weighted by molar-refractivity contribution is 5.42. The molecule has 132 valence electrons. The van der Waals surface area contributed by atoms with Crippen molar-refractivity contribution in [3.63, 3.8) is 0 Å². The second kappa shape index (κ2) is 9.02. The second-order valence-electron chi connectivity index (χ2n) is 6.88. The van der Waals surface area contributed by atoms with E-state index in [1.165, 1.54) is 45.1 Å². The topological polar surface area (TPSA) is 44.3 Å². The van der Waals surface area contributed by atoms with Crippen molar-refractivity contribution in [3.05, 3.63) is 24.4 Å². The number of hydrogen-bond acceptors (Lipinski definition) is 5. The van der Waals surface area contributed by atoms with Gasteiger partial charge < -0.3 is 10.2 Å². The zero-order chi connectivity index (χ0) is 16.6. The van der Waals surface area contributed by atoms with Gasteiger partial charge in [-0.3, -0.25) is 4.90 Å². The molecule has 1 aromatic heterocycles. The van der Waals surface area contributed by atoms with Gasteiger partial charge in [0.05, 0.1) is 0 Å². The fourth-order valence-corrected chi connectivity index (χ4v) is 3.73. The fraction of sp³-hybridized carbons (Fsp3) is 0.684. The van der Waals surface area contributed by atoms with Crippen molar-refractivity contribution in [3.8, 4) is 0 Å². The average Bonchev–Trinajstić information content (AvgIpc) is 2.88. The summed E-state index contributed by atoms with van der Waals surface area (Å²) in [6.07, 6.45) is 14.1. The molecule has 2 saturated heterocycles. The smallest absolute Gasteiger partial charge is 0.224 e. The normalized spacial score (nSPS) is 22.9. The molecule has 24 heavy (non-hydrogen) atoms. The summed E-state index contributed by atoms with van der Waals surface area (Å²) in [4.78, 5) is 14.1. The molecule has 2 fully saturated rings. The molecule has 0 aliphatic carbocycles. The van der Waals surface area contributed by atoms with E-state index in [-0.39, 0.29) is 0 Å². The zero-order valence-corrected chi connectivity index (χ0v) is 15.0. The van der Waals surface area contributed by atoms with Crippen LogP contribution in [0.2, 0.25) is 0 Å². The summed E-state index contributed by atoms with van der Waals surface area (Å²) in [6, 6.07) is 2.64. The fourth-order valence-electron chi connectivity index (χ4n) is 3.73. The monoisotopic (exact) mass is 329 g/mol. The maximum absolute atomic E-state index is 4.76. The van der Waals surface area contributed by atoms with Gasteiger partial charge in [-0.15, -0.1) is 0 Å². The van der Waals surface area contributed by atoms with Gasteiger partial charge in [0.2, 0.25) is 5.95 Å². The largest absolute Gasteiger partial charge is 0.356 e. The van der Waals surface area contributed by atoms with Crippen LogP contribution in [-0.2, 0) is 0 Å². The molecule has 3 rings (SSSR count). The lowest BCUT2D eigenvalue weighted by Crippen LogP contribution is -2.35. The van der Waals surface area contributed by atoms with E-state index in [1.54, 1.807) is 0 Å². The number of aromatic nitrogens is 2. The maximum Gasteiger partial charge on any atom is 0.224 e. The molecule has 0 aromatic carbocycles. The first-order valence-corrected chi connectivity index (χ1v) is 9.54. The molecular weight excluding hydrogens is 298 g/mol. The van der Waals surface area contributed by atoms with Crippen LogP contribution in [0.1, 0.15) is 45.4 Å². The van der Waals surface area contributed by atoms with E-state index in [4.69, 9.17) is 4.98 Å². The number of rotatable bonds is 6. The number of hydrogen-bond donors (Lipinski definition) is 1. The summed E-state index contributed by atoms with van der Waals surface area (Å²) in [7, 11) is 0. The SMILES string of the molecule is CC=CCN1CCCC1CNc1nccc(N2CCCCCC2)n1. The van der Waals surface area contributed by atoms with E-state index in [9.17, 15) is 0 Å². The lowest BCUT2D eigenvalue weighted by molar-refractivity contribution is 0.290. The maximum atomic E-state index is 4.76. The molecule has 5 nitrogen and oxygen atoms in total. The molecule has 0 bridgehead atoms. The molecule has 1 aromatic rings. The van der Waals surface area contributed by atoms with E-state index in [0.717, 1.165) is 37.9 Å². The van der Waals surface area contributed by atoms with Crippen molar-refractivity contribution in [2.45, 2.75) is 51.5 Å². The Labute approximate surface area is 146 Å². The van der Waals surface area contributed by atoms with Gasteiger partial charge in [0, 0.05) is 38.4 Å². The summed E-state index contributed by atoms with van der Waals surface area (Å²) >= 11 is 0. The number of nitrogens with zero attached hydrogens (tertiary/aromatic N) is 4. The van der Waals surface area contributed by atoms with Crippen LogP contribution in [0.15, 0.2) is 24.4 Å². The van der Waals surface area contributed by atoms with E-state index in [2.05, 4.69) is 39.2 Å². The number of likely N-dealkylation sites (tertiary alicyclic amines) is 1. The molecule has 2 aliphatic heterocycles. The molecule has 0 spiro atoms. The first-order chi connectivity index (χ1) is 11.9. The minimum absolute atomic E-state index is 0.589. The molecular formula is C19H31N5. The van der Waals surface area contributed by atoms with Crippen molar-refractivity contribution >= 4 is 11.8 Å². The van der Waals surface area contributed by atoms with Crippen LogP contribution in [0, 0.1) is 0 Å². The van der Waals surface area contributed by atoms with Gasteiger partial charge in [0.25, 0.3) is 0 Å².